The van der Waals surface area contributed by atoms with Gasteiger partial charge >= 0.3 is 0 Å². The second kappa shape index (κ2) is 8.56. The number of thioether (sulfide) groups is 1. The predicted octanol–water partition coefficient (Wildman–Crippen LogP) is 3.13. The third-order valence-electron chi connectivity index (χ3n) is 4.55. The lowest BCUT2D eigenvalue weighted by atomic mass is 10.2. The number of anilines is 1. The first kappa shape index (κ1) is 19.4. The van der Waals surface area contributed by atoms with Crippen LogP contribution in [-0.2, 0) is 4.79 Å². The normalized spacial score (nSPS) is 13.4. The van der Waals surface area contributed by atoms with Crippen LogP contribution < -0.4 is 5.32 Å². The van der Waals surface area contributed by atoms with Crippen molar-refractivity contribution in [2.75, 3.05) is 24.2 Å². The van der Waals surface area contributed by atoms with Crippen LogP contribution in [0.2, 0.25) is 0 Å². The van der Waals surface area contributed by atoms with Gasteiger partial charge in [-0.2, -0.15) is 0 Å². The fourth-order valence-electron chi connectivity index (χ4n) is 2.92. The number of rotatable bonds is 8. The summed E-state index contributed by atoms with van der Waals surface area (Å²) in [7, 11) is 0. The Kier molecular flexibility index (Phi) is 6.15. The first-order valence-electron chi connectivity index (χ1n) is 9.27. The molecule has 8 heteroatoms. The average molecular weight is 388 g/mol. The van der Waals surface area contributed by atoms with Crippen molar-refractivity contribution >= 4 is 29.3 Å². The SMILES string of the molecule is CCN(CC)C(=O)c1ccc(NC(=O)CSc2nnc(C)n2C2CC2)cc1. The van der Waals surface area contributed by atoms with Gasteiger partial charge in [0.15, 0.2) is 5.16 Å². The lowest BCUT2D eigenvalue weighted by Crippen LogP contribution is -2.30. The maximum atomic E-state index is 12.3. The molecule has 0 atom stereocenters. The van der Waals surface area contributed by atoms with Crippen molar-refractivity contribution in [3.05, 3.63) is 35.7 Å². The molecule has 27 heavy (non-hydrogen) atoms. The van der Waals surface area contributed by atoms with Gasteiger partial charge in [-0.1, -0.05) is 11.8 Å². The van der Waals surface area contributed by atoms with Crippen LogP contribution in [-0.4, -0.2) is 50.3 Å². The van der Waals surface area contributed by atoms with Gasteiger partial charge in [-0.05, 0) is 57.9 Å². The summed E-state index contributed by atoms with van der Waals surface area (Å²) in [4.78, 5) is 26.3. The van der Waals surface area contributed by atoms with E-state index in [1.807, 2.05) is 20.8 Å². The molecule has 1 N–H and O–H groups in total. The number of amides is 2. The molecule has 1 aromatic heterocycles. The maximum Gasteiger partial charge on any atom is 0.253 e. The molecule has 2 aromatic rings. The molecule has 1 fully saturated rings. The highest BCUT2D eigenvalue weighted by Crippen LogP contribution is 2.38. The number of aromatic nitrogens is 3. The standard InChI is InChI=1S/C19H25N5O2S/c1-4-23(5-2)18(26)14-6-8-15(9-7-14)20-17(25)12-27-19-22-21-13(3)24(19)16-10-11-16/h6-9,16H,4-5,10-12H2,1-3H3,(H,20,25). The lowest BCUT2D eigenvalue weighted by Gasteiger charge is -2.18. The molecule has 0 saturated heterocycles. The van der Waals surface area contributed by atoms with Gasteiger partial charge < -0.3 is 14.8 Å². The van der Waals surface area contributed by atoms with Gasteiger partial charge in [0.2, 0.25) is 5.91 Å². The van der Waals surface area contributed by atoms with E-state index in [1.54, 1.807) is 29.2 Å². The van der Waals surface area contributed by atoms with Gasteiger partial charge in [0.25, 0.3) is 5.91 Å². The Morgan fingerprint density at radius 3 is 2.44 bits per heavy atom. The van der Waals surface area contributed by atoms with Gasteiger partial charge in [0.05, 0.1) is 5.75 Å². The van der Waals surface area contributed by atoms with Crippen LogP contribution in [0.5, 0.6) is 0 Å². The molecule has 0 spiro atoms. The summed E-state index contributed by atoms with van der Waals surface area (Å²) in [5, 5.41) is 12.0. The molecule has 2 amide bonds. The van der Waals surface area contributed by atoms with Crippen molar-refractivity contribution in [2.45, 2.75) is 44.8 Å². The zero-order chi connectivity index (χ0) is 19.4. The van der Waals surface area contributed by atoms with E-state index in [-0.39, 0.29) is 17.6 Å². The van der Waals surface area contributed by atoms with E-state index in [1.165, 1.54) is 11.8 Å². The maximum absolute atomic E-state index is 12.3. The second-order valence-electron chi connectivity index (χ2n) is 6.52. The molecule has 0 radical (unpaired) electrons. The lowest BCUT2D eigenvalue weighted by molar-refractivity contribution is -0.113. The zero-order valence-electron chi connectivity index (χ0n) is 15.9. The van der Waals surface area contributed by atoms with Crippen LogP contribution in [0.25, 0.3) is 0 Å². The number of benzene rings is 1. The molecule has 1 heterocycles. The molecule has 3 rings (SSSR count). The fraction of sp³-hybridized carbons (Fsp3) is 0.474. The molecule has 1 aromatic carbocycles. The summed E-state index contributed by atoms with van der Waals surface area (Å²) in [5.41, 5.74) is 1.30. The van der Waals surface area contributed by atoms with Gasteiger partial charge in [-0.3, -0.25) is 9.59 Å². The Hall–Kier alpha value is -2.35. The van der Waals surface area contributed by atoms with Crippen LogP contribution in [0.4, 0.5) is 5.69 Å². The van der Waals surface area contributed by atoms with Crippen molar-refractivity contribution in [1.29, 1.82) is 0 Å². The van der Waals surface area contributed by atoms with E-state index < -0.39 is 0 Å². The first-order valence-corrected chi connectivity index (χ1v) is 10.3. The summed E-state index contributed by atoms with van der Waals surface area (Å²) in [6.07, 6.45) is 2.30. The Balaban J connectivity index is 1.54. The summed E-state index contributed by atoms with van der Waals surface area (Å²) < 4.78 is 2.12. The molecule has 7 nitrogen and oxygen atoms in total. The second-order valence-corrected chi connectivity index (χ2v) is 7.47. The topological polar surface area (TPSA) is 80.1 Å². The van der Waals surface area contributed by atoms with Crippen LogP contribution in [0, 0.1) is 6.92 Å². The summed E-state index contributed by atoms with van der Waals surface area (Å²) in [6.45, 7) is 7.21. The fourth-order valence-corrected chi connectivity index (χ4v) is 3.77. The minimum Gasteiger partial charge on any atom is -0.339 e. The Bertz CT molecular complexity index is 810. The number of carbonyl (C=O) groups is 2. The third kappa shape index (κ3) is 4.68. The monoisotopic (exact) mass is 387 g/mol. The van der Waals surface area contributed by atoms with Gasteiger partial charge in [-0.15, -0.1) is 10.2 Å². The van der Waals surface area contributed by atoms with Crippen molar-refractivity contribution < 1.29 is 9.59 Å². The predicted molar refractivity (Wildman–Crippen MR) is 106 cm³/mol. The van der Waals surface area contributed by atoms with Crippen molar-refractivity contribution in [3.63, 3.8) is 0 Å². The average Bonchev–Trinajstić information content (AvgIpc) is 3.44. The number of nitrogens with one attached hydrogen (secondary N) is 1. The van der Waals surface area contributed by atoms with Gasteiger partial charge in [-0.25, -0.2) is 0 Å². The van der Waals surface area contributed by atoms with E-state index in [2.05, 4.69) is 20.1 Å². The van der Waals surface area contributed by atoms with E-state index >= 15 is 0 Å². The highest BCUT2D eigenvalue weighted by molar-refractivity contribution is 7.99. The smallest absolute Gasteiger partial charge is 0.253 e. The van der Waals surface area contributed by atoms with E-state index in [4.69, 9.17) is 0 Å². The quantitative estimate of drug-likeness (QED) is 0.704. The summed E-state index contributed by atoms with van der Waals surface area (Å²) in [6, 6.07) is 7.50. The number of aryl methyl sites for hydroxylation is 1. The number of hydrogen-bond acceptors (Lipinski definition) is 5. The highest BCUT2D eigenvalue weighted by Gasteiger charge is 2.28. The van der Waals surface area contributed by atoms with Crippen LogP contribution in [0.1, 0.15) is 48.9 Å². The first-order chi connectivity index (χ1) is 13.0. The van der Waals surface area contributed by atoms with Gasteiger partial charge in [0.1, 0.15) is 5.82 Å². The van der Waals surface area contributed by atoms with Gasteiger partial charge in [0, 0.05) is 30.4 Å². The minimum absolute atomic E-state index is 0.00298. The Morgan fingerprint density at radius 1 is 1.19 bits per heavy atom. The Labute approximate surface area is 163 Å². The summed E-state index contributed by atoms with van der Waals surface area (Å²) in [5.74, 6) is 1.06. The molecule has 144 valence electrons. The van der Waals surface area contributed by atoms with E-state index in [0.717, 1.165) is 23.8 Å². The van der Waals surface area contributed by atoms with Crippen LogP contribution in [0.3, 0.4) is 0 Å². The third-order valence-corrected chi connectivity index (χ3v) is 5.49. The molecular weight excluding hydrogens is 362 g/mol. The van der Waals surface area contributed by atoms with Crippen LogP contribution in [0.15, 0.2) is 29.4 Å². The number of nitrogens with zero attached hydrogens (tertiary/aromatic N) is 4. The number of hydrogen-bond donors (Lipinski definition) is 1. The van der Waals surface area contributed by atoms with Crippen molar-refractivity contribution in [2.24, 2.45) is 0 Å². The molecule has 1 aliphatic rings. The minimum atomic E-state index is -0.106. The number of carbonyl (C=O) groups excluding carboxylic acids is 2. The molecule has 0 bridgehead atoms. The van der Waals surface area contributed by atoms with Crippen molar-refractivity contribution in [1.82, 2.24) is 19.7 Å². The van der Waals surface area contributed by atoms with Crippen molar-refractivity contribution in [3.8, 4) is 0 Å². The molecule has 0 unspecified atom stereocenters. The summed E-state index contributed by atoms with van der Waals surface area (Å²) >= 11 is 1.40. The molecule has 1 aliphatic carbocycles. The van der Waals surface area contributed by atoms with E-state index in [9.17, 15) is 9.59 Å². The Morgan fingerprint density at radius 2 is 1.85 bits per heavy atom. The molecule has 1 saturated carbocycles. The largest absolute Gasteiger partial charge is 0.339 e. The van der Waals surface area contributed by atoms with E-state index in [0.29, 0.717) is 30.4 Å². The zero-order valence-corrected chi connectivity index (χ0v) is 16.8. The molecule has 0 aliphatic heterocycles. The van der Waals surface area contributed by atoms with Crippen LogP contribution >= 0.6 is 11.8 Å². The highest BCUT2D eigenvalue weighted by atomic mass is 32.2. The molecular formula is C19H25N5O2S.